The van der Waals surface area contributed by atoms with Crippen LogP contribution in [0.5, 0.6) is 5.75 Å². The topological polar surface area (TPSA) is 47.9 Å². The first-order valence-corrected chi connectivity index (χ1v) is 7.04. The van der Waals surface area contributed by atoms with Crippen LogP contribution in [0.1, 0.15) is 21.5 Å². The van der Waals surface area contributed by atoms with Crippen LogP contribution in [0.25, 0.3) is 0 Å². The van der Waals surface area contributed by atoms with Crippen LogP contribution in [0.15, 0.2) is 52.1 Å². The summed E-state index contributed by atoms with van der Waals surface area (Å²) in [5, 5.41) is 3.71. The first-order valence-electron chi connectivity index (χ1n) is 6.25. The highest BCUT2D eigenvalue weighted by Gasteiger charge is 2.06. The van der Waals surface area contributed by atoms with E-state index in [2.05, 4.69) is 21.1 Å². The molecule has 0 radical (unpaired) electrons. The van der Waals surface area contributed by atoms with Gasteiger partial charge in [0.05, 0.1) is 18.9 Å². The van der Waals surface area contributed by atoms with Gasteiger partial charge in [0, 0.05) is 10.0 Å². The Morgan fingerprint density at radius 3 is 2.57 bits per heavy atom. The second-order valence-corrected chi connectivity index (χ2v) is 5.28. The molecule has 2 aromatic carbocycles. The normalized spacial score (nSPS) is 10.6. The molecular formula is C16H14BrNO3. The number of methoxy groups -OCH3 is 1. The van der Waals surface area contributed by atoms with Crippen molar-refractivity contribution in [2.75, 3.05) is 7.11 Å². The summed E-state index contributed by atoms with van der Waals surface area (Å²) < 4.78 is 6.09. The van der Waals surface area contributed by atoms with Crippen LogP contribution in [-0.2, 0) is 4.84 Å². The van der Waals surface area contributed by atoms with Gasteiger partial charge in [0.15, 0.2) is 0 Å². The van der Waals surface area contributed by atoms with Gasteiger partial charge in [0.25, 0.3) is 0 Å². The van der Waals surface area contributed by atoms with E-state index in [4.69, 9.17) is 9.57 Å². The van der Waals surface area contributed by atoms with Crippen LogP contribution in [0.4, 0.5) is 0 Å². The third-order valence-corrected chi connectivity index (χ3v) is 3.30. The first kappa shape index (κ1) is 15.3. The molecule has 0 spiro atoms. The molecular weight excluding hydrogens is 334 g/mol. The molecule has 0 atom stereocenters. The van der Waals surface area contributed by atoms with E-state index < -0.39 is 5.97 Å². The number of nitrogens with zero attached hydrogens (tertiary/aromatic N) is 1. The van der Waals surface area contributed by atoms with E-state index in [1.807, 2.05) is 31.2 Å². The van der Waals surface area contributed by atoms with Gasteiger partial charge < -0.3 is 9.57 Å². The van der Waals surface area contributed by atoms with Gasteiger partial charge in [-0.1, -0.05) is 38.8 Å². The summed E-state index contributed by atoms with van der Waals surface area (Å²) in [6, 6.07) is 12.6. The van der Waals surface area contributed by atoms with Crippen LogP contribution in [0.2, 0.25) is 0 Å². The smallest absolute Gasteiger partial charge is 0.365 e. The van der Waals surface area contributed by atoms with Crippen molar-refractivity contribution in [1.29, 1.82) is 0 Å². The first-order chi connectivity index (χ1) is 10.1. The van der Waals surface area contributed by atoms with E-state index in [0.717, 1.165) is 10.0 Å². The number of rotatable bonds is 4. The Morgan fingerprint density at radius 2 is 1.90 bits per heavy atom. The van der Waals surface area contributed by atoms with E-state index in [0.29, 0.717) is 16.9 Å². The third kappa shape index (κ3) is 4.16. The van der Waals surface area contributed by atoms with Crippen LogP contribution in [0, 0.1) is 6.92 Å². The van der Waals surface area contributed by atoms with Crippen LogP contribution < -0.4 is 4.74 Å². The molecule has 0 aliphatic carbocycles. The van der Waals surface area contributed by atoms with E-state index in [-0.39, 0.29) is 0 Å². The number of oxime groups is 1. The molecule has 0 amide bonds. The predicted molar refractivity (Wildman–Crippen MR) is 84.9 cm³/mol. The lowest BCUT2D eigenvalue weighted by molar-refractivity contribution is 0.0519. The molecule has 0 fully saturated rings. The average molecular weight is 348 g/mol. The summed E-state index contributed by atoms with van der Waals surface area (Å²) in [6.07, 6.45) is 1.44. The minimum Gasteiger partial charge on any atom is -0.496 e. The second-order valence-electron chi connectivity index (χ2n) is 4.37. The zero-order valence-corrected chi connectivity index (χ0v) is 13.3. The molecule has 2 aromatic rings. The standard InChI is InChI=1S/C16H14BrNO3/c1-11-3-5-12(6-4-11)16(19)21-18-10-13-9-14(17)7-8-15(13)20-2/h3-10H,1-2H3. The maximum Gasteiger partial charge on any atom is 0.365 e. The van der Waals surface area contributed by atoms with Crippen molar-refractivity contribution in [3.05, 3.63) is 63.6 Å². The fourth-order valence-corrected chi connectivity index (χ4v) is 2.06. The molecule has 0 saturated heterocycles. The molecule has 0 saturated carbocycles. The van der Waals surface area contributed by atoms with Crippen molar-refractivity contribution < 1.29 is 14.4 Å². The van der Waals surface area contributed by atoms with Crippen molar-refractivity contribution in [3.8, 4) is 5.75 Å². The van der Waals surface area contributed by atoms with Crippen molar-refractivity contribution >= 4 is 28.1 Å². The van der Waals surface area contributed by atoms with Gasteiger partial charge >= 0.3 is 5.97 Å². The summed E-state index contributed by atoms with van der Waals surface area (Å²) >= 11 is 3.36. The lowest BCUT2D eigenvalue weighted by atomic mass is 10.2. The molecule has 0 aliphatic heterocycles. The summed E-state index contributed by atoms with van der Waals surface area (Å²) in [7, 11) is 1.57. The van der Waals surface area contributed by atoms with Gasteiger partial charge in [-0.25, -0.2) is 4.79 Å². The van der Waals surface area contributed by atoms with Crippen molar-refractivity contribution in [2.45, 2.75) is 6.92 Å². The predicted octanol–water partition coefficient (Wildman–Crippen LogP) is 3.96. The number of carbonyl (C=O) groups is 1. The number of halogens is 1. The van der Waals surface area contributed by atoms with Crippen molar-refractivity contribution in [1.82, 2.24) is 0 Å². The van der Waals surface area contributed by atoms with Gasteiger partial charge in [-0.2, -0.15) is 0 Å². The molecule has 0 aromatic heterocycles. The van der Waals surface area contributed by atoms with E-state index in [9.17, 15) is 4.79 Å². The molecule has 21 heavy (non-hydrogen) atoms. The summed E-state index contributed by atoms with van der Waals surface area (Å²) in [5.41, 5.74) is 2.25. The summed E-state index contributed by atoms with van der Waals surface area (Å²) in [4.78, 5) is 16.7. The van der Waals surface area contributed by atoms with Gasteiger partial charge in [-0.05, 0) is 37.3 Å². The van der Waals surface area contributed by atoms with E-state index >= 15 is 0 Å². The van der Waals surface area contributed by atoms with Crippen LogP contribution in [0.3, 0.4) is 0 Å². The van der Waals surface area contributed by atoms with Crippen molar-refractivity contribution in [3.63, 3.8) is 0 Å². The van der Waals surface area contributed by atoms with Gasteiger partial charge in [0.2, 0.25) is 0 Å². The number of aryl methyl sites for hydroxylation is 1. The fraction of sp³-hybridized carbons (Fsp3) is 0.125. The molecule has 0 heterocycles. The van der Waals surface area contributed by atoms with Crippen LogP contribution in [-0.4, -0.2) is 19.3 Å². The Labute approximate surface area is 131 Å². The highest BCUT2D eigenvalue weighted by atomic mass is 79.9. The maximum atomic E-state index is 11.8. The minimum atomic E-state index is -0.500. The van der Waals surface area contributed by atoms with E-state index in [1.54, 1.807) is 25.3 Å². The molecule has 0 N–H and O–H groups in total. The number of hydrogen-bond donors (Lipinski definition) is 0. The third-order valence-electron chi connectivity index (χ3n) is 2.81. The lowest BCUT2D eigenvalue weighted by Gasteiger charge is -2.04. The second kappa shape index (κ2) is 7.04. The molecule has 5 heteroatoms. The van der Waals surface area contributed by atoms with Gasteiger partial charge in [-0.3, -0.25) is 0 Å². The molecule has 2 rings (SSSR count). The quantitative estimate of drug-likeness (QED) is 0.477. The Balaban J connectivity index is 2.07. The monoisotopic (exact) mass is 347 g/mol. The average Bonchev–Trinajstić information content (AvgIpc) is 2.48. The highest BCUT2D eigenvalue weighted by Crippen LogP contribution is 2.21. The van der Waals surface area contributed by atoms with Gasteiger partial charge in [-0.15, -0.1) is 0 Å². The largest absolute Gasteiger partial charge is 0.496 e. The maximum absolute atomic E-state index is 11.8. The Hall–Kier alpha value is -2.14. The number of hydrogen-bond acceptors (Lipinski definition) is 4. The van der Waals surface area contributed by atoms with E-state index in [1.165, 1.54) is 6.21 Å². The molecule has 0 aliphatic rings. The van der Waals surface area contributed by atoms with Crippen LogP contribution >= 0.6 is 15.9 Å². The lowest BCUT2D eigenvalue weighted by Crippen LogP contribution is -2.01. The molecule has 4 nitrogen and oxygen atoms in total. The zero-order chi connectivity index (χ0) is 15.2. The number of benzene rings is 2. The Bertz CT molecular complexity index is 666. The number of ether oxygens (including phenoxy) is 1. The Morgan fingerprint density at radius 1 is 1.19 bits per heavy atom. The Kier molecular flexibility index (Phi) is 5.11. The van der Waals surface area contributed by atoms with Gasteiger partial charge in [0.1, 0.15) is 5.75 Å². The number of carbonyl (C=O) groups excluding carboxylic acids is 1. The molecule has 108 valence electrons. The molecule has 0 unspecified atom stereocenters. The summed E-state index contributed by atoms with van der Waals surface area (Å²) in [6.45, 7) is 1.95. The minimum absolute atomic E-state index is 0.457. The molecule has 0 bridgehead atoms. The SMILES string of the molecule is COc1ccc(Br)cc1C=NOC(=O)c1ccc(C)cc1. The van der Waals surface area contributed by atoms with Crippen molar-refractivity contribution in [2.24, 2.45) is 5.16 Å². The highest BCUT2D eigenvalue weighted by molar-refractivity contribution is 9.10. The summed E-state index contributed by atoms with van der Waals surface area (Å²) in [5.74, 6) is 0.147. The zero-order valence-electron chi connectivity index (χ0n) is 11.7. The fourth-order valence-electron chi connectivity index (χ4n) is 1.68.